The number of carbonyl (C=O) groups excluding carboxylic acids is 1. The summed E-state index contributed by atoms with van der Waals surface area (Å²) in [5.41, 5.74) is 1.92. The number of piperazine rings is 1. The van der Waals surface area contributed by atoms with Crippen LogP contribution in [-0.2, 0) is 19.8 Å². The van der Waals surface area contributed by atoms with Gasteiger partial charge < -0.3 is 20.9 Å². The van der Waals surface area contributed by atoms with E-state index in [-0.39, 0.29) is 29.7 Å². The molecule has 0 saturated carbocycles. The highest BCUT2D eigenvalue weighted by molar-refractivity contribution is 5.99. The molecule has 0 spiro atoms. The number of nitrogens with one attached hydrogen (secondary N) is 4. The van der Waals surface area contributed by atoms with Gasteiger partial charge in [-0.1, -0.05) is 12.1 Å². The highest BCUT2D eigenvalue weighted by Gasteiger charge is 2.39. The lowest BCUT2D eigenvalue weighted by atomic mass is 9.90. The molecule has 2 atom stereocenters. The zero-order valence-corrected chi connectivity index (χ0v) is 26.4. The zero-order valence-electron chi connectivity index (χ0n) is 26.4. The molecule has 2 aromatic heterocycles. The predicted molar refractivity (Wildman–Crippen MR) is 175 cm³/mol. The van der Waals surface area contributed by atoms with Gasteiger partial charge >= 0.3 is 12.2 Å². The van der Waals surface area contributed by atoms with Crippen LogP contribution in [-0.4, -0.2) is 86.9 Å². The summed E-state index contributed by atoms with van der Waals surface area (Å²) in [5.74, 6) is 0.865. The van der Waals surface area contributed by atoms with Crippen LogP contribution in [0.2, 0.25) is 0 Å². The van der Waals surface area contributed by atoms with Gasteiger partial charge in [0.25, 0.3) is 0 Å². The first-order valence-electron chi connectivity index (χ1n) is 16.1. The second-order valence-corrected chi connectivity index (χ2v) is 12.9. The molecule has 2 bridgehead atoms. The van der Waals surface area contributed by atoms with E-state index in [4.69, 9.17) is 0 Å². The number of aromatic nitrogens is 4. The van der Waals surface area contributed by atoms with Crippen LogP contribution < -0.4 is 21.3 Å². The standard InChI is InChI=1S/C33H39F3N10O/c1-44-18-26-7-6-25(44)19-46(26)17-21-3-5-24(14-27(21)33(34,35)36)40-32(47)42-30-15-29(45(2)43-30)20-4-8-28-22(13-20)16-38-31(41-28)39-23-9-11-37-12-10-23/h3-5,8,13-16,23,25-26,37H,6-7,9-12,17-19H2,1-2H3,(H,38,39,41)(H2,40,42,43,47). The van der Waals surface area contributed by atoms with Crippen LogP contribution >= 0.6 is 0 Å². The molecule has 4 fully saturated rings. The van der Waals surface area contributed by atoms with E-state index in [2.05, 4.69) is 53.2 Å². The second-order valence-electron chi connectivity index (χ2n) is 12.9. The normalized spacial score (nSPS) is 20.9. The molecule has 6 heterocycles. The molecule has 4 aliphatic rings. The molecule has 248 valence electrons. The summed E-state index contributed by atoms with van der Waals surface area (Å²) in [5, 5.41) is 17.2. The Morgan fingerprint density at radius 2 is 1.79 bits per heavy atom. The molecular weight excluding hydrogens is 609 g/mol. The Labute approximate surface area is 270 Å². The number of nitrogens with zero attached hydrogens (tertiary/aromatic N) is 6. The van der Waals surface area contributed by atoms with Crippen LogP contribution in [0.3, 0.4) is 0 Å². The maximum atomic E-state index is 14.2. The van der Waals surface area contributed by atoms with Crippen molar-refractivity contribution in [2.45, 2.75) is 56.5 Å². The van der Waals surface area contributed by atoms with E-state index < -0.39 is 17.8 Å². The first-order chi connectivity index (χ1) is 22.6. The van der Waals surface area contributed by atoms with E-state index in [0.717, 1.165) is 80.1 Å². The highest BCUT2D eigenvalue weighted by Crippen LogP contribution is 2.36. The molecule has 0 aliphatic carbocycles. The average Bonchev–Trinajstić information content (AvgIpc) is 3.41. The van der Waals surface area contributed by atoms with E-state index in [0.29, 0.717) is 18.0 Å². The molecule has 4 aliphatic heterocycles. The van der Waals surface area contributed by atoms with Gasteiger partial charge in [0.1, 0.15) is 0 Å². The molecular formula is C33H39F3N10O. The molecule has 2 aromatic carbocycles. The summed E-state index contributed by atoms with van der Waals surface area (Å²) >= 11 is 0. The van der Waals surface area contributed by atoms with Gasteiger partial charge in [-0.25, -0.2) is 14.8 Å². The molecule has 11 nitrogen and oxygen atoms in total. The zero-order chi connectivity index (χ0) is 32.7. The van der Waals surface area contributed by atoms with E-state index >= 15 is 0 Å². The summed E-state index contributed by atoms with van der Waals surface area (Å²) in [6.45, 7) is 3.80. The van der Waals surface area contributed by atoms with Gasteiger partial charge in [0.15, 0.2) is 5.82 Å². The van der Waals surface area contributed by atoms with Crippen molar-refractivity contribution in [3.63, 3.8) is 0 Å². The van der Waals surface area contributed by atoms with E-state index in [9.17, 15) is 18.0 Å². The number of anilines is 3. The van der Waals surface area contributed by atoms with Crippen LogP contribution in [0.1, 0.15) is 36.8 Å². The van der Waals surface area contributed by atoms with Crippen LogP contribution in [0.25, 0.3) is 22.2 Å². The second kappa shape index (κ2) is 12.7. The smallest absolute Gasteiger partial charge is 0.351 e. The van der Waals surface area contributed by atoms with Crippen molar-refractivity contribution < 1.29 is 18.0 Å². The third kappa shape index (κ3) is 6.90. The molecule has 8 rings (SSSR count). The molecule has 2 amide bonds. The summed E-state index contributed by atoms with van der Waals surface area (Å²) in [6.07, 6.45) is 1.35. The summed E-state index contributed by atoms with van der Waals surface area (Å²) in [7, 11) is 3.83. The molecule has 2 unspecified atom stereocenters. The number of benzene rings is 2. The molecule has 14 heteroatoms. The Kier molecular flexibility index (Phi) is 8.49. The Morgan fingerprint density at radius 3 is 2.53 bits per heavy atom. The number of likely N-dealkylation sites (N-methyl/N-ethyl adjacent to an activating group) is 1. The summed E-state index contributed by atoms with van der Waals surface area (Å²) in [6, 6.07) is 11.8. The van der Waals surface area contributed by atoms with Crippen LogP contribution in [0.5, 0.6) is 0 Å². The number of aryl methyl sites for hydroxylation is 1. The van der Waals surface area contributed by atoms with Crippen molar-refractivity contribution in [2.75, 3.05) is 49.2 Å². The first kappa shape index (κ1) is 31.3. The number of hydrogen-bond donors (Lipinski definition) is 4. The average molecular weight is 649 g/mol. The minimum atomic E-state index is -4.55. The van der Waals surface area contributed by atoms with Gasteiger partial charge in [-0.2, -0.15) is 18.3 Å². The number of halogens is 3. The number of carbonyl (C=O) groups is 1. The third-order valence-electron chi connectivity index (χ3n) is 9.63. The lowest BCUT2D eigenvalue weighted by Gasteiger charge is -2.50. The molecule has 4 saturated heterocycles. The Bertz CT molecular complexity index is 1770. The van der Waals surface area contributed by atoms with Crippen molar-refractivity contribution in [1.29, 1.82) is 0 Å². The fourth-order valence-electron chi connectivity index (χ4n) is 7.08. The fourth-order valence-corrected chi connectivity index (χ4v) is 7.08. The van der Waals surface area contributed by atoms with Gasteiger partial charge in [0, 0.05) is 73.7 Å². The Hall–Kier alpha value is -4.27. The minimum absolute atomic E-state index is 0.0539. The molecule has 4 N–H and O–H groups in total. The van der Waals surface area contributed by atoms with Crippen LogP contribution in [0.15, 0.2) is 48.7 Å². The van der Waals surface area contributed by atoms with Crippen molar-refractivity contribution in [3.05, 3.63) is 59.8 Å². The number of fused-ring (bicyclic) bond motifs is 4. The fraction of sp³-hybridized carbons (Fsp3) is 0.455. The maximum absolute atomic E-state index is 14.2. The summed E-state index contributed by atoms with van der Waals surface area (Å²) in [4.78, 5) is 26.5. The number of piperidine rings is 3. The van der Waals surface area contributed by atoms with Gasteiger partial charge in [0.2, 0.25) is 5.95 Å². The summed E-state index contributed by atoms with van der Waals surface area (Å²) < 4.78 is 44.1. The van der Waals surface area contributed by atoms with E-state index in [1.165, 1.54) is 12.1 Å². The minimum Gasteiger partial charge on any atom is -0.351 e. The lowest BCUT2D eigenvalue weighted by Crippen LogP contribution is -2.60. The number of rotatable bonds is 7. The number of urea groups is 1. The highest BCUT2D eigenvalue weighted by atomic mass is 19.4. The number of hydrogen-bond acceptors (Lipinski definition) is 8. The predicted octanol–water partition coefficient (Wildman–Crippen LogP) is 5.14. The van der Waals surface area contributed by atoms with Gasteiger partial charge in [0.05, 0.1) is 16.8 Å². The van der Waals surface area contributed by atoms with E-state index in [1.54, 1.807) is 24.0 Å². The Morgan fingerprint density at radius 1 is 0.979 bits per heavy atom. The van der Waals surface area contributed by atoms with Crippen molar-refractivity contribution in [1.82, 2.24) is 34.9 Å². The topological polar surface area (TPSA) is 115 Å². The van der Waals surface area contributed by atoms with Gasteiger partial charge in [-0.15, -0.1) is 0 Å². The largest absolute Gasteiger partial charge is 0.416 e. The van der Waals surface area contributed by atoms with Crippen molar-refractivity contribution in [3.8, 4) is 11.3 Å². The molecule has 0 radical (unpaired) electrons. The quantitative estimate of drug-likeness (QED) is 0.218. The molecule has 47 heavy (non-hydrogen) atoms. The van der Waals surface area contributed by atoms with Crippen molar-refractivity contribution in [2.24, 2.45) is 7.05 Å². The van der Waals surface area contributed by atoms with Crippen LogP contribution in [0.4, 0.5) is 35.4 Å². The first-order valence-corrected chi connectivity index (χ1v) is 16.1. The maximum Gasteiger partial charge on any atom is 0.416 e. The van der Waals surface area contributed by atoms with Crippen molar-refractivity contribution >= 4 is 34.4 Å². The number of amides is 2. The van der Waals surface area contributed by atoms with E-state index in [1.807, 2.05) is 18.2 Å². The SMILES string of the molecule is CN1CC2CCC1CN2Cc1ccc(NC(=O)Nc2cc(-c3ccc4nc(NC5CCNCC5)ncc4c3)n(C)n2)cc1C(F)(F)F. The monoisotopic (exact) mass is 648 g/mol. The van der Waals surface area contributed by atoms with Crippen LogP contribution in [0, 0.1) is 0 Å². The number of alkyl halides is 3. The van der Waals surface area contributed by atoms with Gasteiger partial charge in [-0.05, 0) is 75.6 Å². The van der Waals surface area contributed by atoms with Gasteiger partial charge in [-0.3, -0.25) is 14.9 Å². The third-order valence-corrected chi connectivity index (χ3v) is 9.63. The molecule has 4 aromatic rings. The Balaban J connectivity index is 1.02. The lowest BCUT2D eigenvalue weighted by molar-refractivity contribution is -0.138.